The average molecular weight is 280 g/mol. The lowest BCUT2D eigenvalue weighted by molar-refractivity contribution is 0.108. The standard InChI is InChI=1S/C16H25FN2O/c1-14(2)13-19-9-7-18(8-10-19)11-12-20-16-6-4-3-5-15(16)17/h3-6,14H,7-13H2,1-2H3. The van der Waals surface area contributed by atoms with Crippen LogP contribution in [0.25, 0.3) is 0 Å². The molecule has 0 amide bonds. The second-order valence-electron chi connectivity index (χ2n) is 5.81. The summed E-state index contributed by atoms with van der Waals surface area (Å²) in [7, 11) is 0. The fourth-order valence-electron chi connectivity index (χ4n) is 2.56. The summed E-state index contributed by atoms with van der Waals surface area (Å²) in [5.41, 5.74) is 0. The minimum atomic E-state index is -0.283. The van der Waals surface area contributed by atoms with Gasteiger partial charge in [0.15, 0.2) is 11.6 Å². The number of benzene rings is 1. The lowest BCUT2D eigenvalue weighted by Gasteiger charge is -2.35. The molecule has 2 rings (SSSR count). The highest BCUT2D eigenvalue weighted by Crippen LogP contribution is 2.15. The van der Waals surface area contributed by atoms with Gasteiger partial charge in [0.05, 0.1) is 0 Å². The van der Waals surface area contributed by atoms with Gasteiger partial charge in [-0.3, -0.25) is 4.90 Å². The van der Waals surface area contributed by atoms with E-state index >= 15 is 0 Å². The lowest BCUT2D eigenvalue weighted by atomic mass is 10.2. The van der Waals surface area contributed by atoms with E-state index in [1.807, 2.05) is 0 Å². The molecule has 1 fully saturated rings. The molecule has 0 N–H and O–H groups in total. The first-order valence-electron chi connectivity index (χ1n) is 7.47. The van der Waals surface area contributed by atoms with Crippen molar-refractivity contribution >= 4 is 0 Å². The van der Waals surface area contributed by atoms with E-state index in [1.54, 1.807) is 18.2 Å². The van der Waals surface area contributed by atoms with Gasteiger partial charge in [-0.1, -0.05) is 26.0 Å². The first-order chi connectivity index (χ1) is 9.65. The van der Waals surface area contributed by atoms with Crippen molar-refractivity contribution in [1.29, 1.82) is 0 Å². The maximum Gasteiger partial charge on any atom is 0.165 e. The molecule has 1 aromatic carbocycles. The summed E-state index contributed by atoms with van der Waals surface area (Å²) in [5, 5.41) is 0. The molecule has 0 aliphatic carbocycles. The van der Waals surface area contributed by atoms with E-state index in [0.717, 1.165) is 38.6 Å². The zero-order chi connectivity index (χ0) is 14.4. The molecule has 1 aliphatic rings. The van der Waals surface area contributed by atoms with Gasteiger partial charge in [0, 0.05) is 39.3 Å². The molecule has 0 spiro atoms. The van der Waals surface area contributed by atoms with Crippen LogP contribution in [0.2, 0.25) is 0 Å². The summed E-state index contributed by atoms with van der Waals surface area (Å²) in [6, 6.07) is 6.58. The summed E-state index contributed by atoms with van der Waals surface area (Å²) < 4.78 is 18.9. The van der Waals surface area contributed by atoms with Crippen molar-refractivity contribution in [3.8, 4) is 5.75 Å². The van der Waals surface area contributed by atoms with Gasteiger partial charge in [-0.05, 0) is 18.1 Å². The van der Waals surface area contributed by atoms with Crippen LogP contribution in [0.4, 0.5) is 4.39 Å². The number of rotatable bonds is 6. The van der Waals surface area contributed by atoms with Crippen molar-refractivity contribution in [2.24, 2.45) is 5.92 Å². The normalized spacial score (nSPS) is 17.6. The van der Waals surface area contributed by atoms with Gasteiger partial charge in [-0.25, -0.2) is 4.39 Å². The molecule has 1 saturated heterocycles. The molecule has 0 saturated carbocycles. The average Bonchev–Trinajstić information content (AvgIpc) is 2.42. The second kappa shape index (κ2) is 7.60. The summed E-state index contributed by atoms with van der Waals surface area (Å²) >= 11 is 0. The van der Waals surface area contributed by atoms with Crippen LogP contribution in [0.5, 0.6) is 5.75 Å². The van der Waals surface area contributed by atoms with Crippen LogP contribution in [0, 0.1) is 11.7 Å². The first-order valence-corrected chi connectivity index (χ1v) is 7.47. The number of hydrogen-bond acceptors (Lipinski definition) is 3. The van der Waals surface area contributed by atoms with Crippen LogP contribution in [0.15, 0.2) is 24.3 Å². The number of nitrogens with zero attached hydrogens (tertiary/aromatic N) is 2. The molecular formula is C16H25FN2O. The van der Waals surface area contributed by atoms with Gasteiger partial charge in [-0.2, -0.15) is 0 Å². The van der Waals surface area contributed by atoms with Gasteiger partial charge < -0.3 is 9.64 Å². The van der Waals surface area contributed by atoms with Gasteiger partial charge >= 0.3 is 0 Å². The highest BCUT2D eigenvalue weighted by Gasteiger charge is 2.17. The largest absolute Gasteiger partial charge is 0.489 e. The van der Waals surface area contributed by atoms with Gasteiger partial charge in [0.25, 0.3) is 0 Å². The quantitative estimate of drug-likeness (QED) is 0.796. The van der Waals surface area contributed by atoms with Crippen molar-refractivity contribution in [3.63, 3.8) is 0 Å². The Morgan fingerprint density at radius 2 is 1.75 bits per heavy atom. The number of para-hydroxylation sites is 1. The van der Waals surface area contributed by atoms with E-state index in [-0.39, 0.29) is 5.82 Å². The summed E-state index contributed by atoms with van der Waals surface area (Å²) in [6.45, 7) is 11.5. The van der Waals surface area contributed by atoms with E-state index in [9.17, 15) is 4.39 Å². The van der Waals surface area contributed by atoms with Gasteiger partial charge in [0.1, 0.15) is 6.61 Å². The van der Waals surface area contributed by atoms with Crippen LogP contribution >= 0.6 is 0 Å². The topological polar surface area (TPSA) is 15.7 Å². The summed E-state index contributed by atoms with van der Waals surface area (Å²) in [6.07, 6.45) is 0. The monoisotopic (exact) mass is 280 g/mol. The highest BCUT2D eigenvalue weighted by atomic mass is 19.1. The van der Waals surface area contributed by atoms with Crippen molar-refractivity contribution in [1.82, 2.24) is 9.80 Å². The summed E-state index contributed by atoms with van der Waals surface area (Å²) in [5.74, 6) is 0.797. The third kappa shape index (κ3) is 4.76. The Balaban J connectivity index is 1.65. The Kier molecular flexibility index (Phi) is 5.80. The highest BCUT2D eigenvalue weighted by molar-refractivity contribution is 5.23. The second-order valence-corrected chi connectivity index (χ2v) is 5.81. The fraction of sp³-hybridized carbons (Fsp3) is 0.625. The number of piperazine rings is 1. The lowest BCUT2D eigenvalue weighted by Crippen LogP contribution is -2.48. The van der Waals surface area contributed by atoms with E-state index in [1.165, 1.54) is 12.6 Å². The zero-order valence-corrected chi connectivity index (χ0v) is 12.5. The maximum atomic E-state index is 13.4. The van der Waals surface area contributed by atoms with E-state index in [0.29, 0.717) is 12.4 Å². The Morgan fingerprint density at radius 3 is 2.40 bits per heavy atom. The Bertz CT molecular complexity index is 403. The Morgan fingerprint density at radius 1 is 1.10 bits per heavy atom. The smallest absolute Gasteiger partial charge is 0.165 e. The molecule has 0 atom stereocenters. The van der Waals surface area contributed by atoms with Crippen LogP contribution in [0.1, 0.15) is 13.8 Å². The molecule has 0 unspecified atom stereocenters. The Labute approximate surface area is 121 Å². The van der Waals surface area contributed by atoms with E-state index in [4.69, 9.17) is 4.74 Å². The van der Waals surface area contributed by atoms with Gasteiger partial charge in [0.2, 0.25) is 0 Å². The molecule has 1 aliphatic heterocycles. The van der Waals surface area contributed by atoms with Crippen LogP contribution in [0.3, 0.4) is 0 Å². The molecule has 4 heteroatoms. The fourth-order valence-corrected chi connectivity index (χ4v) is 2.56. The van der Waals surface area contributed by atoms with Crippen LogP contribution < -0.4 is 4.74 Å². The molecular weight excluding hydrogens is 255 g/mol. The first kappa shape index (κ1) is 15.3. The molecule has 0 radical (unpaired) electrons. The molecule has 1 heterocycles. The molecule has 0 bridgehead atoms. The summed E-state index contributed by atoms with van der Waals surface area (Å²) in [4.78, 5) is 4.90. The SMILES string of the molecule is CC(C)CN1CCN(CCOc2ccccc2F)CC1. The molecule has 0 aromatic heterocycles. The van der Waals surface area contributed by atoms with Crippen molar-refractivity contribution in [2.75, 3.05) is 45.9 Å². The predicted octanol–water partition coefficient (Wildman–Crippen LogP) is 2.48. The molecule has 1 aromatic rings. The zero-order valence-electron chi connectivity index (χ0n) is 12.5. The van der Waals surface area contributed by atoms with Crippen molar-refractivity contribution in [2.45, 2.75) is 13.8 Å². The minimum absolute atomic E-state index is 0.283. The van der Waals surface area contributed by atoms with E-state index < -0.39 is 0 Å². The molecule has 3 nitrogen and oxygen atoms in total. The van der Waals surface area contributed by atoms with Gasteiger partial charge in [-0.15, -0.1) is 0 Å². The maximum absolute atomic E-state index is 13.4. The number of ether oxygens (including phenoxy) is 1. The van der Waals surface area contributed by atoms with Crippen LogP contribution in [-0.2, 0) is 0 Å². The third-order valence-electron chi connectivity index (χ3n) is 3.59. The van der Waals surface area contributed by atoms with Crippen molar-refractivity contribution in [3.05, 3.63) is 30.1 Å². The van der Waals surface area contributed by atoms with Crippen LogP contribution in [-0.4, -0.2) is 55.7 Å². The molecule has 112 valence electrons. The van der Waals surface area contributed by atoms with Crippen molar-refractivity contribution < 1.29 is 9.13 Å². The third-order valence-corrected chi connectivity index (χ3v) is 3.59. The minimum Gasteiger partial charge on any atom is -0.489 e. The number of halogens is 1. The molecule has 20 heavy (non-hydrogen) atoms. The predicted molar refractivity (Wildman–Crippen MR) is 79.6 cm³/mol. The Hall–Kier alpha value is -1.13. The number of hydrogen-bond donors (Lipinski definition) is 0. The van der Waals surface area contributed by atoms with E-state index in [2.05, 4.69) is 23.6 Å².